The average molecular weight is 446 g/mol. The number of rotatable bonds is 9. The molecule has 8 heteroatoms. The van der Waals surface area contributed by atoms with E-state index in [2.05, 4.69) is 41.5 Å². The number of carbonyl (C=O) groups is 1. The molecule has 0 aliphatic carbocycles. The molecule has 0 N–H and O–H groups in total. The summed E-state index contributed by atoms with van der Waals surface area (Å²) in [6.45, 7) is 13.5. The van der Waals surface area contributed by atoms with E-state index in [1.807, 2.05) is 24.3 Å². The van der Waals surface area contributed by atoms with Crippen LogP contribution in [-0.2, 0) is 11.3 Å². The fraction of sp³-hybridized carbons (Fsp3) is 0.435. The first-order chi connectivity index (χ1) is 14.6. The number of nitrogens with zero attached hydrogens (tertiary/aromatic N) is 1. The first kappa shape index (κ1) is 24.4. The first-order valence-electron chi connectivity index (χ1n) is 10.4. The maximum Gasteiger partial charge on any atom is 0.514 e. The number of hydrogen-bond donors (Lipinski definition) is 0. The van der Waals surface area contributed by atoms with Gasteiger partial charge >= 0.3 is 6.16 Å². The van der Waals surface area contributed by atoms with E-state index in [4.69, 9.17) is 13.9 Å². The van der Waals surface area contributed by atoms with E-state index in [1.165, 1.54) is 24.3 Å². The van der Waals surface area contributed by atoms with Gasteiger partial charge in [-0.25, -0.2) is 4.79 Å². The van der Waals surface area contributed by atoms with E-state index in [9.17, 15) is 14.9 Å². The Balaban J connectivity index is 1.96. The lowest BCUT2D eigenvalue weighted by Crippen LogP contribution is -2.50. The molecule has 0 radical (unpaired) electrons. The summed E-state index contributed by atoms with van der Waals surface area (Å²) in [6, 6.07) is 12.8. The van der Waals surface area contributed by atoms with E-state index in [1.54, 1.807) is 0 Å². The van der Waals surface area contributed by atoms with Gasteiger partial charge in [0.05, 0.1) is 4.92 Å². The molecule has 0 spiro atoms. The molecule has 0 fully saturated rings. The fourth-order valence-electron chi connectivity index (χ4n) is 4.12. The van der Waals surface area contributed by atoms with Gasteiger partial charge in [0.2, 0.25) is 0 Å². The summed E-state index contributed by atoms with van der Waals surface area (Å²) in [5.41, 5.74) is 2.15. The third kappa shape index (κ3) is 6.07. The maximum absolute atomic E-state index is 11.9. The molecule has 7 nitrogen and oxygen atoms in total. The van der Waals surface area contributed by atoms with Crippen molar-refractivity contribution in [2.45, 2.75) is 64.8 Å². The van der Waals surface area contributed by atoms with Gasteiger partial charge in [-0.2, -0.15) is 0 Å². The molecule has 0 heterocycles. The molecule has 0 aromatic heterocycles. The number of hydrogen-bond acceptors (Lipinski definition) is 6. The van der Waals surface area contributed by atoms with Gasteiger partial charge in [0.1, 0.15) is 18.1 Å². The van der Waals surface area contributed by atoms with Crippen molar-refractivity contribution in [3.63, 3.8) is 0 Å². The summed E-state index contributed by atoms with van der Waals surface area (Å²) in [4.78, 5) is 22.0. The Morgan fingerprint density at radius 3 is 1.81 bits per heavy atom. The molecular formula is C23H31NO6Si. The summed E-state index contributed by atoms with van der Waals surface area (Å²) >= 11 is 0. The summed E-state index contributed by atoms with van der Waals surface area (Å²) in [5, 5.41) is 10.7. The molecule has 0 saturated carbocycles. The van der Waals surface area contributed by atoms with Crippen molar-refractivity contribution in [1.29, 1.82) is 0 Å². The van der Waals surface area contributed by atoms with Crippen molar-refractivity contribution in [3.05, 3.63) is 64.2 Å². The van der Waals surface area contributed by atoms with E-state index >= 15 is 0 Å². The summed E-state index contributed by atoms with van der Waals surface area (Å²) in [7, 11) is -2.02. The second kappa shape index (κ2) is 10.4. The van der Waals surface area contributed by atoms with Crippen LogP contribution in [0.1, 0.15) is 47.1 Å². The van der Waals surface area contributed by atoms with E-state index in [-0.39, 0.29) is 18.0 Å². The van der Waals surface area contributed by atoms with Crippen molar-refractivity contribution >= 4 is 20.2 Å². The zero-order valence-corrected chi connectivity index (χ0v) is 20.0. The molecule has 0 saturated heterocycles. The Morgan fingerprint density at radius 2 is 1.35 bits per heavy atom. The van der Waals surface area contributed by atoms with Gasteiger partial charge in [0, 0.05) is 12.1 Å². The van der Waals surface area contributed by atoms with Crippen LogP contribution in [-0.4, -0.2) is 19.4 Å². The van der Waals surface area contributed by atoms with Gasteiger partial charge in [0.15, 0.2) is 0 Å². The van der Waals surface area contributed by atoms with Gasteiger partial charge in [-0.1, -0.05) is 53.7 Å². The van der Waals surface area contributed by atoms with Gasteiger partial charge in [0.25, 0.3) is 14.0 Å². The minimum Gasteiger partial charge on any atom is -0.543 e. The van der Waals surface area contributed by atoms with Gasteiger partial charge in [-0.3, -0.25) is 10.1 Å². The Hall–Kier alpha value is -2.87. The van der Waals surface area contributed by atoms with Crippen molar-refractivity contribution < 1.29 is 23.6 Å². The summed E-state index contributed by atoms with van der Waals surface area (Å²) < 4.78 is 16.8. The van der Waals surface area contributed by atoms with Crippen LogP contribution in [0.3, 0.4) is 0 Å². The van der Waals surface area contributed by atoms with E-state index < -0.39 is 19.4 Å². The summed E-state index contributed by atoms with van der Waals surface area (Å²) in [5.74, 6) is 1.01. The zero-order valence-electron chi connectivity index (χ0n) is 19.0. The minimum atomic E-state index is -2.02. The van der Waals surface area contributed by atoms with Crippen LogP contribution in [0, 0.1) is 10.1 Å². The Morgan fingerprint density at radius 1 is 0.871 bits per heavy atom. The SMILES string of the molecule is CC(C)[Si](Oc1ccc(COC(=O)Oc2ccc([N+](=O)[O-])cc2)cc1)(C(C)C)C(C)C. The zero-order chi connectivity index (χ0) is 23.2. The minimum absolute atomic E-state index is 0.0488. The van der Waals surface area contributed by atoms with Crippen LogP contribution in [0.5, 0.6) is 11.5 Å². The normalized spacial score (nSPS) is 11.6. The monoisotopic (exact) mass is 445 g/mol. The van der Waals surface area contributed by atoms with Crippen LogP contribution in [0.15, 0.2) is 48.5 Å². The smallest absolute Gasteiger partial charge is 0.514 e. The van der Waals surface area contributed by atoms with E-state index in [0.29, 0.717) is 16.6 Å². The van der Waals surface area contributed by atoms with Crippen molar-refractivity contribution in [2.75, 3.05) is 0 Å². The number of benzene rings is 2. The van der Waals surface area contributed by atoms with Crippen molar-refractivity contribution in [1.82, 2.24) is 0 Å². The maximum atomic E-state index is 11.9. The van der Waals surface area contributed by atoms with Crippen LogP contribution in [0.2, 0.25) is 16.6 Å². The molecule has 2 aromatic carbocycles. The predicted octanol–water partition coefficient (Wildman–Crippen LogP) is 6.86. The lowest BCUT2D eigenvalue weighted by molar-refractivity contribution is -0.384. The molecule has 31 heavy (non-hydrogen) atoms. The fourth-order valence-corrected chi connectivity index (χ4v) is 9.37. The molecule has 0 atom stereocenters. The highest BCUT2D eigenvalue weighted by atomic mass is 28.4. The molecule has 0 aliphatic rings. The highest BCUT2D eigenvalue weighted by molar-refractivity contribution is 6.78. The Labute approximate surface area is 184 Å². The number of ether oxygens (including phenoxy) is 2. The molecule has 168 valence electrons. The second-order valence-electron chi connectivity index (χ2n) is 8.46. The number of nitro benzene ring substituents is 1. The average Bonchev–Trinajstić information content (AvgIpc) is 2.71. The van der Waals surface area contributed by atoms with Gasteiger partial charge in [-0.15, -0.1) is 0 Å². The standard InChI is InChI=1S/C23H31NO6Si/c1-16(2)31(17(3)4,18(5)6)30-22-11-7-19(8-12-22)15-28-23(25)29-21-13-9-20(10-14-21)24(26)27/h7-14,16-18H,15H2,1-6H3. The highest BCUT2D eigenvalue weighted by Gasteiger charge is 2.46. The molecule has 0 aliphatic heterocycles. The lowest BCUT2D eigenvalue weighted by Gasteiger charge is -2.42. The largest absolute Gasteiger partial charge is 0.543 e. The molecule has 0 bridgehead atoms. The first-order valence-corrected chi connectivity index (χ1v) is 12.6. The van der Waals surface area contributed by atoms with Gasteiger partial charge in [-0.05, 0) is 46.5 Å². The third-order valence-electron chi connectivity index (χ3n) is 5.53. The van der Waals surface area contributed by atoms with Gasteiger partial charge < -0.3 is 13.9 Å². The van der Waals surface area contributed by atoms with Crippen LogP contribution in [0.4, 0.5) is 10.5 Å². The molecule has 2 aromatic rings. The quantitative estimate of drug-likeness (QED) is 0.138. The van der Waals surface area contributed by atoms with Crippen molar-refractivity contribution in [3.8, 4) is 11.5 Å². The number of carbonyl (C=O) groups excluding carboxylic acids is 1. The predicted molar refractivity (Wildman–Crippen MR) is 122 cm³/mol. The molecular weight excluding hydrogens is 414 g/mol. The van der Waals surface area contributed by atoms with Crippen LogP contribution in [0.25, 0.3) is 0 Å². The Kier molecular flexibility index (Phi) is 8.21. The molecule has 0 unspecified atom stereocenters. The highest BCUT2D eigenvalue weighted by Crippen LogP contribution is 2.42. The number of nitro groups is 1. The number of non-ortho nitro benzene ring substituents is 1. The summed E-state index contributed by atoms with van der Waals surface area (Å²) in [6.07, 6.45) is -0.875. The van der Waals surface area contributed by atoms with Crippen molar-refractivity contribution in [2.24, 2.45) is 0 Å². The molecule has 2 rings (SSSR count). The second-order valence-corrected chi connectivity index (χ2v) is 13.8. The topological polar surface area (TPSA) is 87.9 Å². The van der Waals surface area contributed by atoms with E-state index in [0.717, 1.165) is 11.3 Å². The molecule has 0 amide bonds. The Bertz CT molecular complexity index is 856. The van der Waals surface area contributed by atoms with Crippen LogP contribution < -0.4 is 9.16 Å². The van der Waals surface area contributed by atoms with Crippen LogP contribution >= 0.6 is 0 Å². The lowest BCUT2D eigenvalue weighted by atomic mass is 10.2. The third-order valence-corrected chi connectivity index (χ3v) is 11.5.